The summed E-state index contributed by atoms with van der Waals surface area (Å²) in [6.07, 6.45) is -5.88. The average Bonchev–Trinajstić information content (AvgIpc) is 1.98. The summed E-state index contributed by atoms with van der Waals surface area (Å²) in [6.45, 7) is 4.47. The molecule has 2 N–H and O–H groups in total. The van der Waals surface area contributed by atoms with Gasteiger partial charge in [-0.2, -0.15) is 13.2 Å². The largest absolute Gasteiger partial charge is 0.481 e. The predicted octanol–water partition coefficient (Wildman–Crippen LogP) is 1.44. The first-order valence-electron chi connectivity index (χ1n) is 4.41. The molecule has 0 bridgehead atoms. The van der Waals surface area contributed by atoms with Crippen LogP contribution in [0.3, 0.4) is 0 Å². The summed E-state index contributed by atoms with van der Waals surface area (Å²) in [4.78, 5) is 10.2. The van der Waals surface area contributed by atoms with E-state index in [9.17, 15) is 22.2 Å². The summed E-state index contributed by atoms with van der Waals surface area (Å²) in [5.41, 5.74) is 0. The Morgan fingerprint density at radius 3 is 2.06 bits per heavy atom. The first-order chi connectivity index (χ1) is 6.94. The molecule has 0 amide bonds. The average molecular weight is 261 g/mol. The third kappa shape index (κ3) is 5.45. The second-order valence-corrected chi connectivity index (χ2v) is 6.19. The highest BCUT2D eigenvalue weighted by Crippen LogP contribution is 2.24. The van der Waals surface area contributed by atoms with Crippen molar-refractivity contribution >= 4 is 17.0 Å². The molecule has 0 fully saturated rings. The maximum absolute atomic E-state index is 12.4. The standard InChI is InChI=1S/C8H14F3NO3S/c1-7(2,3)16(15)12-5(4-6(13)14)8(9,10)11/h5,12H,4H2,1-3H3,(H,13,14). The van der Waals surface area contributed by atoms with Crippen molar-refractivity contribution in [2.45, 2.75) is 44.2 Å². The Labute approximate surface area is 93.8 Å². The van der Waals surface area contributed by atoms with E-state index in [1.807, 2.05) is 0 Å². The van der Waals surface area contributed by atoms with E-state index < -0.39 is 40.3 Å². The van der Waals surface area contributed by atoms with Crippen LogP contribution in [0.2, 0.25) is 0 Å². The molecule has 4 nitrogen and oxygen atoms in total. The molecule has 0 radical (unpaired) electrons. The zero-order valence-electron chi connectivity index (χ0n) is 9.09. The Hall–Kier alpha value is -0.630. The molecule has 0 aliphatic rings. The summed E-state index contributed by atoms with van der Waals surface area (Å²) in [5, 5.41) is 8.32. The zero-order valence-corrected chi connectivity index (χ0v) is 9.91. The Bertz CT molecular complexity index is 285. The van der Waals surface area contributed by atoms with Gasteiger partial charge in [0.05, 0.1) is 22.2 Å². The topological polar surface area (TPSA) is 66.4 Å². The van der Waals surface area contributed by atoms with Gasteiger partial charge in [0.1, 0.15) is 6.04 Å². The smallest absolute Gasteiger partial charge is 0.405 e. The number of alkyl halides is 3. The minimum absolute atomic E-state index is 0.887. The van der Waals surface area contributed by atoms with Gasteiger partial charge in [-0.05, 0) is 20.8 Å². The van der Waals surface area contributed by atoms with Gasteiger partial charge in [0, 0.05) is 0 Å². The molecule has 0 aromatic heterocycles. The molecule has 0 spiro atoms. The van der Waals surface area contributed by atoms with Crippen molar-refractivity contribution in [1.29, 1.82) is 0 Å². The van der Waals surface area contributed by atoms with Crippen LogP contribution in [-0.2, 0) is 15.8 Å². The monoisotopic (exact) mass is 261 g/mol. The number of halogens is 3. The normalized spacial score (nSPS) is 16.9. The summed E-state index contributed by atoms with van der Waals surface area (Å²) < 4.78 is 49.4. The molecule has 0 saturated heterocycles. The first kappa shape index (κ1) is 15.4. The highest BCUT2D eigenvalue weighted by atomic mass is 32.2. The Morgan fingerprint density at radius 2 is 1.81 bits per heavy atom. The van der Waals surface area contributed by atoms with E-state index in [0.717, 1.165) is 0 Å². The van der Waals surface area contributed by atoms with Crippen LogP contribution in [-0.4, -0.2) is 32.2 Å². The van der Waals surface area contributed by atoms with E-state index in [1.54, 1.807) is 4.72 Å². The van der Waals surface area contributed by atoms with Gasteiger partial charge >= 0.3 is 12.1 Å². The molecule has 0 aliphatic carbocycles. The molecule has 16 heavy (non-hydrogen) atoms. The van der Waals surface area contributed by atoms with Crippen LogP contribution < -0.4 is 4.72 Å². The van der Waals surface area contributed by atoms with Crippen LogP contribution in [0.5, 0.6) is 0 Å². The minimum Gasteiger partial charge on any atom is -0.481 e. The second kappa shape index (κ2) is 5.13. The maximum atomic E-state index is 12.4. The lowest BCUT2D eigenvalue weighted by molar-refractivity contribution is -0.163. The highest BCUT2D eigenvalue weighted by Gasteiger charge is 2.43. The number of rotatable bonds is 4. The van der Waals surface area contributed by atoms with Crippen molar-refractivity contribution in [3.8, 4) is 0 Å². The fourth-order valence-corrected chi connectivity index (χ4v) is 1.53. The quantitative estimate of drug-likeness (QED) is 0.804. The van der Waals surface area contributed by atoms with Crippen LogP contribution in [0.1, 0.15) is 27.2 Å². The molecular formula is C8H14F3NO3S. The maximum Gasteiger partial charge on any atom is 0.405 e. The Balaban J connectivity index is 4.70. The fraction of sp³-hybridized carbons (Fsp3) is 0.875. The Morgan fingerprint density at radius 1 is 1.38 bits per heavy atom. The number of nitrogens with one attached hydrogen (secondary N) is 1. The number of carboxylic acids is 1. The van der Waals surface area contributed by atoms with Crippen molar-refractivity contribution in [3.05, 3.63) is 0 Å². The molecule has 0 rings (SSSR count). The van der Waals surface area contributed by atoms with E-state index in [1.165, 1.54) is 20.8 Å². The third-order valence-corrected chi connectivity index (χ3v) is 3.19. The van der Waals surface area contributed by atoms with Crippen molar-refractivity contribution < 1.29 is 27.3 Å². The lowest BCUT2D eigenvalue weighted by Gasteiger charge is -2.24. The summed E-state index contributed by atoms with van der Waals surface area (Å²) in [6, 6.07) is -2.30. The number of hydrogen-bond acceptors (Lipinski definition) is 2. The molecular weight excluding hydrogens is 247 g/mol. The van der Waals surface area contributed by atoms with Gasteiger partial charge in [-0.3, -0.25) is 4.79 Å². The van der Waals surface area contributed by atoms with Crippen LogP contribution in [0.25, 0.3) is 0 Å². The van der Waals surface area contributed by atoms with Gasteiger partial charge in [-0.15, -0.1) is 0 Å². The molecule has 2 unspecified atom stereocenters. The molecule has 0 heterocycles. The minimum atomic E-state index is -4.74. The van der Waals surface area contributed by atoms with Gasteiger partial charge in [-0.25, -0.2) is 8.93 Å². The lowest BCUT2D eigenvalue weighted by atomic mass is 10.2. The summed E-state index contributed by atoms with van der Waals surface area (Å²) in [5.74, 6) is -1.60. The van der Waals surface area contributed by atoms with Crippen molar-refractivity contribution in [3.63, 3.8) is 0 Å². The molecule has 0 aliphatic heterocycles. The van der Waals surface area contributed by atoms with Crippen molar-refractivity contribution in [1.82, 2.24) is 4.72 Å². The van der Waals surface area contributed by atoms with E-state index in [0.29, 0.717) is 0 Å². The first-order valence-corrected chi connectivity index (χ1v) is 5.56. The molecule has 96 valence electrons. The molecule has 0 aromatic carbocycles. The van der Waals surface area contributed by atoms with Crippen LogP contribution in [0, 0.1) is 0 Å². The number of carbonyl (C=O) groups is 1. The molecule has 2 atom stereocenters. The van der Waals surface area contributed by atoms with Gasteiger partial charge in [0.25, 0.3) is 0 Å². The van der Waals surface area contributed by atoms with Gasteiger partial charge in [0.15, 0.2) is 0 Å². The van der Waals surface area contributed by atoms with Gasteiger partial charge in [0.2, 0.25) is 0 Å². The summed E-state index contributed by atoms with van der Waals surface area (Å²) >= 11 is 0. The lowest BCUT2D eigenvalue weighted by Crippen LogP contribution is -2.48. The second-order valence-electron chi connectivity index (χ2n) is 4.19. The van der Waals surface area contributed by atoms with Crippen LogP contribution in [0.15, 0.2) is 0 Å². The van der Waals surface area contributed by atoms with Crippen LogP contribution >= 0.6 is 0 Å². The number of aliphatic carboxylic acids is 1. The van der Waals surface area contributed by atoms with E-state index in [2.05, 4.69) is 0 Å². The summed E-state index contributed by atoms with van der Waals surface area (Å²) in [7, 11) is -1.96. The Kier molecular flexibility index (Phi) is 4.93. The highest BCUT2D eigenvalue weighted by molar-refractivity contribution is 7.84. The molecule has 0 saturated carbocycles. The van der Waals surface area contributed by atoms with Gasteiger partial charge < -0.3 is 5.11 Å². The van der Waals surface area contributed by atoms with Crippen molar-refractivity contribution in [2.75, 3.05) is 0 Å². The number of hydrogen-bond donors (Lipinski definition) is 2. The zero-order chi connectivity index (χ0) is 13.1. The van der Waals surface area contributed by atoms with E-state index in [4.69, 9.17) is 5.11 Å². The fourth-order valence-electron chi connectivity index (χ4n) is 0.705. The van der Waals surface area contributed by atoms with E-state index >= 15 is 0 Å². The third-order valence-electron chi connectivity index (χ3n) is 1.58. The van der Waals surface area contributed by atoms with Crippen molar-refractivity contribution in [2.24, 2.45) is 0 Å². The predicted molar refractivity (Wildman–Crippen MR) is 53.1 cm³/mol. The van der Waals surface area contributed by atoms with Crippen LogP contribution in [0.4, 0.5) is 13.2 Å². The number of carboxylic acid groups (broad SMARTS) is 1. The SMILES string of the molecule is CC(C)(C)S(=O)NC(CC(=O)O)C(F)(F)F. The molecule has 8 heteroatoms. The van der Waals surface area contributed by atoms with Gasteiger partial charge in [-0.1, -0.05) is 0 Å². The molecule has 0 aromatic rings. The van der Waals surface area contributed by atoms with E-state index in [-0.39, 0.29) is 0 Å².